The van der Waals surface area contributed by atoms with Crippen LogP contribution in [0.5, 0.6) is 0 Å². The minimum absolute atomic E-state index is 0.0984. The fraction of sp³-hybridized carbons (Fsp3) is 0.375. The summed E-state index contributed by atoms with van der Waals surface area (Å²) in [6.45, 7) is 1.53. The summed E-state index contributed by atoms with van der Waals surface area (Å²) in [7, 11) is 0. The van der Waals surface area contributed by atoms with Gasteiger partial charge in [0.2, 0.25) is 5.91 Å². The van der Waals surface area contributed by atoms with Crippen molar-refractivity contribution in [1.29, 1.82) is 0 Å². The van der Waals surface area contributed by atoms with Crippen LogP contribution in [0.3, 0.4) is 0 Å². The number of imidazole rings is 1. The maximum Gasteiger partial charge on any atom is 0.230 e. The van der Waals surface area contributed by atoms with Crippen LogP contribution in [0, 0.1) is 0 Å². The molecule has 0 bridgehead atoms. The van der Waals surface area contributed by atoms with Gasteiger partial charge in [0.15, 0.2) is 0 Å². The van der Waals surface area contributed by atoms with Gasteiger partial charge >= 0.3 is 0 Å². The summed E-state index contributed by atoms with van der Waals surface area (Å²) in [5.74, 6) is 0.0984. The fourth-order valence-electron chi connectivity index (χ4n) is 2.64. The highest BCUT2D eigenvalue weighted by molar-refractivity contribution is 6.31. The third-order valence-electron chi connectivity index (χ3n) is 4.01. The van der Waals surface area contributed by atoms with Crippen molar-refractivity contribution in [3.05, 3.63) is 53.6 Å². The zero-order chi connectivity index (χ0) is 14.7. The molecule has 1 aliphatic rings. The van der Waals surface area contributed by atoms with Gasteiger partial charge in [-0.05, 0) is 30.9 Å². The van der Waals surface area contributed by atoms with E-state index in [1.54, 1.807) is 12.5 Å². The lowest BCUT2D eigenvalue weighted by Crippen LogP contribution is -2.35. The molecule has 0 radical (unpaired) electrons. The number of hydrogen-bond donors (Lipinski definition) is 1. The van der Waals surface area contributed by atoms with Gasteiger partial charge in [0.25, 0.3) is 0 Å². The summed E-state index contributed by atoms with van der Waals surface area (Å²) in [5, 5.41) is 3.73. The van der Waals surface area contributed by atoms with Crippen LogP contribution in [-0.4, -0.2) is 22.0 Å². The summed E-state index contributed by atoms with van der Waals surface area (Å²) < 4.78 is 2.01. The molecule has 5 heteroatoms. The first-order valence-corrected chi connectivity index (χ1v) is 7.59. The molecule has 0 spiro atoms. The van der Waals surface area contributed by atoms with E-state index in [-0.39, 0.29) is 5.91 Å². The molecule has 0 unspecified atom stereocenters. The van der Waals surface area contributed by atoms with Crippen molar-refractivity contribution >= 4 is 17.5 Å². The molecule has 1 heterocycles. The van der Waals surface area contributed by atoms with Gasteiger partial charge in [0.05, 0.1) is 11.7 Å². The number of benzene rings is 1. The quantitative estimate of drug-likeness (QED) is 0.834. The summed E-state index contributed by atoms with van der Waals surface area (Å²) in [6, 6.07) is 7.64. The number of nitrogens with one attached hydrogen (secondary N) is 1. The SMILES string of the molecule is O=C(NCCCn1ccnc1)C1(c2ccccc2Cl)CC1. The zero-order valence-electron chi connectivity index (χ0n) is 11.8. The van der Waals surface area contributed by atoms with Crippen molar-refractivity contribution < 1.29 is 4.79 Å². The van der Waals surface area contributed by atoms with Gasteiger partial charge in [-0.25, -0.2) is 4.98 Å². The molecule has 1 N–H and O–H groups in total. The van der Waals surface area contributed by atoms with Crippen LogP contribution in [0.25, 0.3) is 0 Å². The first-order valence-electron chi connectivity index (χ1n) is 7.21. The number of halogens is 1. The molecule has 1 aromatic carbocycles. The molecule has 110 valence electrons. The number of amides is 1. The topological polar surface area (TPSA) is 46.9 Å². The standard InChI is InChI=1S/C16H18ClN3O/c17-14-5-2-1-4-13(14)16(6-7-16)15(21)19-8-3-10-20-11-9-18-12-20/h1-2,4-5,9,11-12H,3,6-8,10H2,(H,19,21). The van der Waals surface area contributed by atoms with Crippen LogP contribution in [0.1, 0.15) is 24.8 Å². The molecule has 1 aromatic heterocycles. The monoisotopic (exact) mass is 303 g/mol. The van der Waals surface area contributed by atoms with E-state index < -0.39 is 5.41 Å². The number of carbonyl (C=O) groups excluding carboxylic acids is 1. The lowest BCUT2D eigenvalue weighted by Gasteiger charge is -2.17. The first kappa shape index (κ1) is 14.1. The lowest BCUT2D eigenvalue weighted by molar-refractivity contribution is -0.123. The van der Waals surface area contributed by atoms with Gasteiger partial charge < -0.3 is 9.88 Å². The Balaban J connectivity index is 1.54. The van der Waals surface area contributed by atoms with Crippen molar-refractivity contribution in [2.24, 2.45) is 0 Å². The Morgan fingerprint density at radius 3 is 2.86 bits per heavy atom. The Kier molecular flexibility index (Phi) is 3.97. The van der Waals surface area contributed by atoms with Gasteiger partial charge in [-0.3, -0.25) is 4.79 Å². The number of carbonyl (C=O) groups is 1. The fourth-order valence-corrected chi connectivity index (χ4v) is 2.96. The van der Waals surface area contributed by atoms with Crippen molar-refractivity contribution in [3.63, 3.8) is 0 Å². The van der Waals surface area contributed by atoms with E-state index in [9.17, 15) is 4.79 Å². The van der Waals surface area contributed by atoms with Crippen molar-refractivity contribution in [2.75, 3.05) is 6.54 Å². The average Bonchev–Trinajstić information content (AvgIpc) is 3.13. The number of aromatic nitrogens is 2. The van der Waals surface area contributed by atoms with Crippen LogP contribution >= 0.6 is 11.6 Å². The minimum atomic E-state index is -0.395. The number of aryl methyl sites for hydroxylation is 1. The van der Waals surface area contributed by atoms with Crippen LogP contribution in [0.4, 0.5) is 0 Å². The van der Waals surface area contributed by atoms with E-state index in [2.05, 4.69) is 10.3 Å². The van der Waals surface area contributed by atoms with Crippen LogP contribution in [0.2, 0.25) is 5.02 Å². The van der Waals surface area contributed by atoms with Gasteiger partial charge in [0, 0.05) is 30.5 Å². The predicted octanol–water partition coefficient (Wildman–Crippen LogP) is 2.77. The Bertz CT molecular complexity index is 620. The van der Waals surface area contributed by atoms with Crippen molar-refractivity contribution in [1.82, 2.24) is 14.9 Å². The van der Waals surface area contributed by atoms with Gasteiger partial charge in [-0.2, -0.15) is 0 Å². The maximum absolute atomic E-state index is 12.5. The Hall–Kier alpha value is -1.81. The number of hydrogen-bond acceptors (Lipinski definition) is 2. The summed E-state index contributed by atoms with van der Waals surface area (Å²) in [5.41, 5.74) is 0.562. The third kappa shape index (κ3) is 2.95. The normalized spacial score (nSPS) is 15.7. The third-order valence-corrected chi connectivity index (χ3v) is 4.34. The molecule has 3 rings (SSSR count). The largest absolute Gasteiger partial charge is 0.355 e. The average molecular weight is 304 g/mol. The molecule has 1 fully saturated rings. The molecule has 1 saturated carbocycles. The molecule has 1 aliphatic carbocycles. The molecular formula is C16H18ClN3O. The molecule has 0 saturated heterocycles. The second-order valence-corrected chi connectivity index (χ2v) is 5.88. The molecule has 1 amide bonds. The maximum atomic E-state index is 12.5. The van der Waals surface area contributed by atoms with Crippen LogP contribution in [-0.2, 0) is 16.8 Å². The molecule has 21 heavy (non-hydrogen) atoms. The highest BCUT2D eigenvalue weighted by atomic mass is 35.5. The van der Waals surface area contributed by atoms with Gasteiger partial charge in [0.1, 0.15) is 0 Å². The van der Waals surface area contributed by atoms with E-state index in [4.69, 9.17) is 11.6 Å². The summed E-state index contributed by atoms with van der Waals surface area (Å²) in [6.07, 6.45) is 8.12. The summed E-state index contributed by atoms with van der Waals surface area (Å²) in [4.78, 5) is 16.4. The Labute approximate surface area is 129 Å². The minimum Gasteiger partial charge on any atom is -0.355 e. The molecule has 4 nitrogen and oxygen atoms in total. The molecule has 0 aliphatic heterocycles. The molecular weight excluding hydrogens is 286 g/mol. The lowest BCUT2D eigenvalue weighted by atomic mass is 9.95. The molecule has 2 aromatic rings. The molecule has 0 atom stereocenters. The van der Waals surface area contributed by atoms with E-state index >= 15 is 0 Å². The smallest absolute Gasteiger partial charge is 0.230 e. The van der Waals surface area contributed by atoms with E-state index in [0.717, 1.165) is 31.4 Å². The van der Waals surface area contributed by atoms with Crippen molar-refractivity contribution in [2.45, 2.75) is 31.2 Å². The second kappa shape index (κ2) is 5.90. The highest BCUT2D eigenvalue weighted by Gasteiger charge is 2.52. The van der Waals surface area contributed by atoms with Crippen LogP contribution < -0.4 is 5.32 Å². The Morgan fingerprint density at radius 1 is 1.38 bits per heavy atom. The highest BCUT2D eigenvalue weighted by Crippen LogP contribution is 2.50. The Morgan fingerprint density at radius 2 is 2.19 bits per heavy atom. The first-order chi connectivity index (χ1) is 10.2. The number of nitrogens with zero attached hydrogens (tertiary/aromatic N) is 2. The van der Waals surface area contributed by atoms with Crippen molar-refractivity contribution in [3.8, 4) is 0 Å². The van der Waals surface area contributed by atoms with Gasteiger partial charge in [-0.15, -0.1) is 0 Å². The van der Waals surface area contributed by atoms with E-state index in [1.165, 1.54) is 0 Å². The second-order valence-electron chi connectivity index (χ2n) is 5.47. The number of rotatable bonds is 6. The summed E-state index contributed by atoms with van der Waals surface area (Å²) >= 11 is 6.23. The van der Waals surface area contributed by atoms with Crippen LogP contribution in [0.15, 0.2) is 43.0 Å². The van der Waals surface area contributed by atoms with E-state index in [0.29, 0.717) is 11.6 Å². The van der Waals surface area contributed by atoms with E-state index in [1.807, 2.05) is 35.0 Å². The predicted molar refractivity (Wildman–Crippen MR) is 82.2 cm³/mol. The zero-order valence-corrected chi connectivity index (χ0v) is 12.5. The van der Waals surface area contributed by atoms with Gasteiger partial charge in [-0.1, -0.05) is 29.8 Å².